The standard InChI is InChI=1S/C14H17F3O2.C12H20O5/c1-5-13(3,4)12(18)19-11-7-9(2)6-10(8-11)14(15,16)17;1-5-12(3,4)11(15)17-7-6-16-10(14)8-9(2)13/h6-8H,5H2,1-4H3;5-8H2,1-4H3. The summed E-state index contributed by atoms with van der Waals surface area (Å²) < 4.78 is 52.6. The van der Waals surface area contributed by atoms with Crippen LogP contribution in [0.15, 0.2) is 18.2 Å². The number of carbonyl (C=O) groups is 4. The van der Waals surface area contributed by atoms with Crippen LogP contribution >= 0.6 is 0 Å². The molecule has 0 spiro atoms. The summed E-state index contributed by atoms with van der Waals surface area (Å²) in [6, 6.07) is 3.28. The van der Waals surface area contributed by atoms with Crippen LogP contribution < -0.4 is 4.74 Å². The SMILES string of the molecule is CCC(C)(C)C(=O)OCCOC(=O)CC(C)=O.CCC(C)(C)C(=O)Oc1cc(C)cc(C(F)(F)F)c1. The van der Waals surface area contributed by atoms with Crippen molar-refractivity contribution in [2.75, 3.05) is 13.2 Å². The minimum absolute atomic E-state index is 0.0162. The second-order valence-corrected chi connectivity index (χ2v) is 9.63. The van der Waals surface area contributed by atoms with Gasteiger partial charge in [-0.1, -0.05) is 13.8 Å². The molecule has 0 amide bonds. The largest absolute Gasteiger partial charge is 0.462 e. The summed E-state index contributed by atoms with van der Waals surface area (Å²) in [4.78, 5) is 44.9. The molecule has 0 atom stereocenters. The fourth-order valence-electron chi connectivity index (χ4n) is 2.24. The van der Waals surface area contributed by atoms with Gasteiger partial charge in [-0.2, -0.15) is 13.2 Å². The number of hydrogen-bond donors (Lipinski definition) is 0. The molecule has 204 valence electrons. The topological polar surface area (TPSA) is 96.0 Å². The van der Waals surface area contributed by atoms with E-state index in [0.29, 0.717) is 18.4 Å². The quantitative estimate of drug-likeness (QED) is 0.166. The van der Waals surface area contributed by atoms with Gasteiger partial charge in [-0.3, -0.25) is 19.2 Å². The predicted octanol–water partition coefficient (Wildman–Crippen LogP) is 5.84. The van der Waals surface area contributed by atoms with Crippen molar-refractivity contribution in [1.29, 1.82) is 0 Å². The molecule has 10 heteroatoms. The first-order valence-electron chi connectivity index (χ1n) is 11.6. The summed E-state index contributed by atoms with van der Waals surface area (Å²) in [5, 5.41) is 0. The average Bonchev–Trinajstić information content (AvgIpc) is 2.75. The zero-order valence-electron chi connectivity index (χ0n) is 22.3. The Morgan fingerprint density at radius 2 is 1.31 bits per heavy atom. The molecule has 1 rings (SSSR count). The molecule has 0 bridgehead atoms. The molecule has 0 radical (unpaired) electrons. The smallest absolute Gasteiger partial charge is 0.416 e. The predicted molar refractivity (Wildman–Crippen MR) is 127 cm³/mol. The number of Topliss-reactive ketones (excluding diaryl/α,β-unsaturated/α-hetero) is 1. The van der Waals surface area contributed by atoms with E-state index in [0.717, 1.165) is 12.1 Å². The Bertz CT molecular complexity index is 919. The van der Waals surface area contributed by atoms with E-state index in [2.05, 4.69) is 0 Å². The Hall–Kier alpha value is -2.91. The van der Waals surface area contributed by atoms with Crippen molar-refractivity contribution in [3.05, 3.63) is 29.3 Å². The lowest BCUT2D eigenvalue weighted by molar-refractivity contribution is -0.159. The average molecular weight is 519 g/mol. The lowest BCUT2D eigenvalue weighted by Crippen LogP contribution is -2.28. The second kappa shape index (κ2) is 14.0. The Morgan fingerprint density at radius 1 is 0.806 bits per heavy atom. The van der Waals surface area contributed by atoms with Gasteiger partial charge in [-0.15, -0.1) is 0 Å². The van der Waals surface area contributed by atoms with E-state index in [9.17, 15) is 32.3 Å². The van der Waals surface area contributed by atoms with Crippen LogP contribution in [-0.4, -0.2) is 36.9 Å². The van der Waals surface area contributed by atoms with Crippen LogP contribution in [0.5, 0.6) is 5.75 Å². The lowest BCUT2D eigenvalue weighted by Gasteiger charge is -2.20. The van der Waals surface area contributed by atoms with E-state index in [1.165, 1.54) is 19.9 Å². The van der Waals surface area contributed by atoms with Crippen molar-refractivity contribution in [3.8, 4) is 5.75 Å². The summed E-state index contributed by atoms with van der Waals surface area (Å²) in [6.45, 7) is 13.5. The van der Waals surface area contributed by atoms with Gasteiger partial charge in [0.25, 0.3) is 0 Å². The van der Waals surface area contributed by atoms with Crippen molar-refractivity contribution in [3.63, 3.8) is 0 Å². The second-order valence-electron chi connectivity index (χ2n) is 9.63. The van der Waals surface area contributed by atoms with Gasteiger partial charge in [-0.25, -0.2) is 0 Å². The fourth-order valence-corrected chi connectivity index (χ4v) is 2.24. The molecule has 36 heavy (non-hydrogen) atoms. The summed E-state index contributed by atoms with van der Waals surface area (Å²) in [7, 11) is 0. The fraction of sp³-hybridized carbons (Fsp3) is 0.615. The van der Waals surface area contributed by atoms with Crippen molar-refractivity contribution in [2.24, 2.45) is 10.8 Å². The minimum Gasteiger partial charge on any atom is -0.462 e. The minimum atomic E-state index is -4.45. The third-order valence-corrected chi connectivity index (χ3v) is 5.43. The van der Waals surface area contributed by atoms with Crippen LogP contribution in [0.3, 0.4) is 0 Å². The number of aryl methyl sites for hydroxylation is 1. The summed E-state index contributed by atoms with van der Waals surface area (Å²) in [6.07, 6.45) is -3.47. The van der Waals surface area contributed by atoms with Gasteiger partial charge >= 0.3 is 24.1 Å². The Morgan fingerprint density at radius 3 is 1.78 bits per heavy atom. The van der Waals surface area contributed by atoms with Gasteiger partial charge in [0.2, 0.25) is 0 Å². The van der Waals surface area contributed by atoms with E-state index in [-0.39, 0.29) is 37.1 Å². The number of hydrogen-bond acceptors (Lipinski definition) is 7. The van der Waals surface area contributed by atoms with E-state index < -0.39 is 34.5 Å². The van der Waals surface area contributed by atoms with Crippen molar-refractivity contribution < 1.29 is 46.6 Å². The first-order valence-corrected chi connectivity index (χ1v) is 11.6. The molecule has 7 nitrogen and oxygen atoms in total. The molecule has 0 saturated heterocycles. The molecule has 1 aromatic rings. The van der Waals surface area contributed by atoms with E-state index in [4.69, 9.17) is 14.2 Å². The van der Waals surface area contributed by atoms with E-state index >= 15 is 0 Å². The van der Waals surface area contributed by atoms with E-state index in [1.807, 2.05) is 13.8 Å². The summed E-state index contributed by atoms with van der Waals surface area (Å²) in [5.74, 6) is -1.77. The van der Waals surface area contributed by atoms with Crippen LogP contribution in [0.2, 0.25) is 0 Å². The molecule has 0 heterocycles. The van der Waals surface area contributed by atoms with Crippen LogP contribution in [0.1, 0.15) is 78.9 Å². The van der Waals surface area contributed by atoms with Gasteiger partial charge < -0.3 is 14.2 Å². The number of ketones is 1. The first-order chi connectivity index (χ1) is 16.4. The Balaban J connectivity index is 0.000000686. The van der Waals surface area contributed by atoms with Gasteiger partial charge in [0.05, 0.1) is 16.4 Å². The number of ether oxygens (including phenoxy) is 3. The molecule has 0 fully saturated rings. The van der Waals surface area contributed by atoms with Crippen LogP contribution in [0.4, 0.5) is 13.2 Å². The number of benzene rings is 1. The Kier molecular flexibility index (Phi) is 12.9. The molecule has 0 N–H and O–H groups in total. The van der Waals surface area contributed by atoms with Gasteiger partial charge in [0.1, 0.15) is 31.2 Å². The third-order valence-electron chi connectivity index (χ3n) is 5.43. The molecule has 0 unspecified atom stereocenters. The highest BCUT2D eigenvalue weighted by molar-refractivity contribution is 5.94. The molecule has 0 aromatic heterocycles. The Labute approximate surface area is 210 Å². The molecular formula is C26H37F3O7. The number of esters is 3. The summed E-state index contributed by atoms with van der Waals surface area (Å²) in [5.41, 5.74) is -1.66. The van der Waals surface area contributed by atoms with Crippen molar-refractivity contribution in [1.82, 2.24) is 0 Å². The maximum absolute atomic E-state index is 12.6. The molecule has 0 aliphatic carbocycles. The van der Waals surface area contributed by atoms with Crippen molar-refractivity contribution in [2.45, 2.75) is 80.8 Å². The monoisotopic (exact) mass is 518 g/mol. The number of carbonyl (C=O) groups excluding carboxylic acids is 4. The highest BCUT2D eigenvalue weighted by Gasteiger charge is 2.32. The van der Waals surface area contributed by atoms with Crippen molar-refractivity contribution >= 4 is 23.7 Å². The molecule has 0 saturated carbocycles. The maximum Gasteiger partial charge on any atom is 0.416 e. The molecular weight excluding hydrogens is 481 g/mol. The first kappa shape index (κ1) is 33.1. The number of halogens is 3. The zero-order chi connectivity index (χ0) is 28.3. The normalized spacial score (nSPS) is 11.6. The summed E-state index contributed by atoms with van der Waals surface area (Å²) >= 11 is 0. The molecule has 1 aromatic carbocycles. The van der Waals surface area contributed by atoms with Gasteiger partial charge in [-0.05, 0) is 78.1 Å². The maximum atomic E-state index is 12.6. The van der Waals surface area contributed by atoms with Gasteiger partial charge in [0.15, 0.2) is 0 Å². The van der Waals surface area contributed by atoms with E-state index in [1.54, 1.807) is 27.7 Å². The molecule has 0 aliphatic rings. The van der Waals surface area contributed by atoms with Gasteiger partial charge in [0, 0.05) is 0 Å². The third kappa shape index (κ3) is 12.2. The number of alkyl halides is 3. The number of rotatable bonds is 10. The molecule has 0 aliphatic heterocycles. The lowest BCUT2D eigenvalue weighted by atomic mass is 9.91. The van der Waals surface area contributed by atoms with Crippen LogP contribution in [0, 0.1) is 17.8 Å². The highest BCUT2D eigenvalue weighted by atomic mass is 19.4. The van der Waals surface area contributed by atoms with Crippen LogP contribution in [0.25, 0.3) is 0 Å². The highest BCUT2D eigenvalue weighted by Crippen LogP contribution is 2.33. The van der Waals surface area contributed by atoms with Crippen LogP contribution in [-0.2, 0) is 34.8 Å². The zero-order valence-corrected chi connectivity index (χ0v) is 22.3.